The lowest BCUT2D eigenvalue weighted by Gasteiger charge is -2.33. The Labute approximate surface area is 186 Å². The van der Waals surface area contributed by atoms with Crippen molar-refractivity contribution in [2.24, 2.45) is 0 Å². The van der Waals surface area contributed by atoms with Crippen LogP contribution in [-0.4, -0.2) is 44.1 Å². The lowest BCUT2D eigenvalue weighted by Crippen LogP contribution is -2.30. The van der Waals surface area contributed by atoms with Gasteiger partial charge >= 0.3 is 17.9 Å². The van der Waals surface area contributed by atoms with Crippen molar-refractivity contribution in [2.75, 3.05) is 21.3 Å². The highest BCUT2D eigenvalue weighted by atomic mass is 16.5. The molecule has 0 N–H and O–H groups in total. The monoisotopic (exact) mass is 435 g/mol. The largest absolute Gasteiger partial charge is 0.466 e. The zero-order valence-electron chi connectivity index (χ0n) is 18.4. The Hall–Kier alpha value is -3.87. The average molecular weight is 435 g/mol. The van der Waals surface area contributed by atoms with Crippen molar-refractivity contribution in [1.82, 2.24) is 4.90 Å². The number of methoxy groups -OCH3 is 3. The average Bonchev–Trinajstić information content (AvgIpc) is 2.86. The zero-order chi connectivity index (χ0) is 23.3. The van der Waals surface area contributed by atoms with Crippen LogP contribution in [0.5, 0.6) is 0 Å². The summed E-state index contributed by atoms with van der Waals surface area (Å²) < 4.78 is 14.8. The van der Waals surface area contributed by atoms with Gasteiger partial charge in [0.1, 0.15) is 0 Å². The van der Waals surface area contributed by atoms with Crippen LogP contribution in [0.1, 0.15) is 40.4 Å². The van der Waals surface area contributed by atoms with E-state index >= 15 is 0 Å². The first kappa shape index (κ1) is 22.8. The Bertz CT molecular complexity index is 1020. The maximum absolute atomic E-state index is 12.8. The molecule has 0 saturated heterocycles. The summed E-state index contributed by atoms with van der Waals surface area (Å²) in [5, 5.41) is 0. The van der Waals surface area contributed by atoms with E-state index in [1.54, 1.807) is 41.6 Å². The van der Waals surface area contributed by atoms with Crippen molar-refractivity contribution in [2.45, 2.75) is 18.9 Å². The number of nitrogens with zero attached hydrogens (tertiary/aromatic N) is 1. The van der Waals surface area contributed by atoms with Crippen molar-refractivity contribution in [3.8, 4) is 0 Å². The number of hydrogen-bond acceptors (Lipinski definition) is 7. The van der Waals surface area contributed by atoms with Crippen molar-refractivity contribution < 1.29 is 28.6 Å². The SMILES string of the molecule is COC(=O)C1=CN([C@@H](C)c2ccccc2)C=C(C(=O)OC)C1c1ccc(C(=O)OC)cc1. The van der Waals surface area contributed by atoms with Gasteiger partial charge in [0.05, 0.1) is 50.0 Å². The fourth-order valence-corrected chi connectivity index (χ4v) is 3.67. The van der Waals surface area contributed by atoms with E-state index in [-0.39, 0.29) is 17.2 Å². The second kappa shape index (κ2) is 9.96. The molecule has 1 heterocycles. The molecule has 1 aliphatic heterocycles. The first-order chi connectivity index (χ1) is 15.4. The van der Waals surface area contributed by atoms with Gasteiger partial charge in [0.25, 0.3) is 0 Å². The molecule has 0 radical (unpaired) electrons. The van der Waals surface area contributed by atoms with Crippen molar-refractivity contribution >= 4 is 17.9 Å². The summed E-state index contributed by atoms with van der Waals surface area (Å²) in [7, 11) is 3.89. The number of benzene rings is 2. The van der Waals surface area contributed by atoms with Crippen LogP contribution in [0.4, 0.5) is 0 Å². The quantitative estimate of drug-likeness (QED) is 0.505. The molecule has 0 bridgehead atoms. The normalized spacial score (nSPS) is 14.7. The van der Waals surface area contributed by atoms with Crippen LogP contribution in [0.25, 0.3) is 0 Å². The molecular weight excluding hydrogens is 410 g/mol. The van der Waals surface area contributed by atoms with Gasteiger partial charge in [0.2, 0.25) is 0 Å². The van der Waals surface area contributed by atoms with Crippen LogP contribution in [0, 0.1) is 0 Å². The summed E-state index contributed by atoms with van der Waals surface area (Å²) in [5.41, 5.74) is 2.57. The molecule has 2 aromatic rings. The van der Waals surface area contributed by atoms with Gasteiger partial charge in [-0.2, -0.15) is 0 Å². The standard InChI is InChI=1S/C25H25NO6/c1-16(17-8-6-5-7-9-17)26-14-20(24(28)31-3)22(21(15-26)25(29)32-4)18-10-12-19(13-11-18)23(27)30-2/h5-16,22H,1-4H3/t16-/m0/s1. The Morgan fingerprint density at radius 2 is 1.25 bits per heavy atom. The van der Waals surface area contributed by atoms with Gasteiger partial charge in [-0.15, -0.1) is 0 Å². The van der Waals surface area contributed by atoms with Crippen LogP contribution in [-0.2, 0) is 23.8 Å². The number of carbonyl (C=O) groups is 3. The van der Waals surface area contributed by atoms with Gasteiger partial charge < -0.3 is 19.1 Å². The van der Waals surface area contributed by atoms with Crippen LogP contribution in [0.2, 0.25) is 0 Å². The minimum atomic E-state index is -0.721. The Kier molecular flexibility index (Phi) is 7.10. The minimum Gasteiger partial charge on any atom is -0.466 e. The molecule has 3 rings (SSSR count). The first-order valence-corrected chi connectivity index (χ1v) is 10.0. The Balaban J connectivity index is 2.10. The molecule has 0 fully saturated rings. The predicted molar refractivity (Wildman–Crippen MR) is 117 cm³/mol. The Morgan fingerprint density at radius 3 is 1.72 bits per heavy atom. The van der Waals surface area contributed by atoms with Crippen molar-refractivity contribution in [1.29, 1.82) is 0 Å². The fraction of sp³-hybridized carbons (Fsp3) is 0.240. The molecule has 2 aromatic carbocycles. The lowest BCUT2D eigenvalue weighted by molar-refractivity contribution is -0.137. The number of hydrogen-bond donors (Lipinski definition) is 0. The third-order valence-electron chi connectivity index (χ3n) is 5.43. The fourth-order valence-electron chi connectivity index (χ4n) is 3.67. The maximum atomic E-state index is 12.8. The van der Waals surface area contributed by atoms with E-state index in [0.29, 0.717) is 11.1 Å². The first-order valence-electron chi connectivity index (χ1n) is 10.0. The number of esters is 3. The van der Waals surface area contributed by atoms with Gasteiger partial charge in [0, 0.05) is 12.4 Å². The topological polar surface area (TPSA) is 82.1 Å². The summed E-state index contributed by atoms with van der Waals surface area (Å²) >= 11 is 0. The van der Waals surface area contributed by atoms with E-state index in [9.17, 15) is 14.4 Å². The van der Waals surface area contributed by atoms with Crippen molar-refractivity contribution in [3.05, 3.63) is 94.8 Å². The van der Waals surface area contributed by atoms with Gasteiger partial charge in [-0.1, -0.05) is 42.5 Å². The highest BCUT2D eigenvalue weighted by Gasteiger charge is 2.36. The second-order valence-electron chi connectivity index (χ2n) is 7.23. The van der Waals surface area contributed by atoms with E-state index in [1.165, 1.54) is 21.3 Å². The second-order valence-corrected chi connectivity index (χ2v) is 7.23. The van der Waals surface area contributed by atoms with Gasteiger partial charge in [0.15, 0.2) is 0 Å². The van der Waals surface area contributed by atoms with Crippen molar-refractivity contribution in [3.63, 3.8) is 0 Å². The molecule has 0 aliphatic carbocycles. The summed E-state index contributed by atoms with van der Waals surface area (Å²) in [6, 6.07) is 16.1. The van der Waals surface area contributed by atoms with E-state index in [0.717, 1.165) is 5.56 Å². The molecule has 166 valence electrons. The van der Waals surface area contributed by atoms with Gasteiger partial charge in [-0.25, -0.2) is 14.4 Å². The number of ether oxygens (including phenoxy) is 3. The van der Waals surface area contributed by atoms with E-state index in [4.69, 9.17) is 14.2 Å². The van der Waals surface area contributed by atoms with Gasteiger partial charge in [-0.3, -0.25) is 0 Å². The summed E-state index contributed by atoms with van der Waals surface area (Å²) in [6.07, 6.45) is 3.38. The van der Waals surface area contributed by atoms with E-state index in [1.807, 2.05) is 37.3 Å². The minimum absolute atomic E-state index is 0.154. The highest BCUT2D eigenvalue weighted by Crippen LogP contribution is 2.39. The molecule has 7 nitrogen and oxygen atoms in total. The highest BCUT2D eigenvalue weighted by molar-refractivity contribution is 5.98. The van der Waals surface area contributed by atoms with E-state index < -0.39 is 23.8 Å². The maximum Gasteiger partial charge on any atom is 0.337 e. The number of rotatable bonds is 6. The molecule has 0 aromatic heterocycles. The molecule has 1 aliphatic rings. The molecule has 0 amide bonds. The third-order valence-corrected chi connectivity index (χ3v) is 5.43. The third kappa shape index (κ3) is 4.56. The molecule has 0 spiro atoms. The number of carbonyl (C=O) groups excluding carboxylic acids is 3. The molecule has 7 heteroatoms. The lowest BCUT2D eigenvalue weighted by atomic mass is 9.82. The van der Waals surface area contributed by atoms with Crippen LogP contribution in [0.3, 0.4) is 0 Å². The summed E-state index contributed by atoms with van der Waals surface area (Å²) in [5.74, 6) is -2.32. The van der Waals surface area contributed by atoms with E-state index in [2.05, 4.69) is 0 Å². The van der Waals surface area contributed by atoms with Gasteiger partial charge in [-0.05, 0) is 30.2 Å². The molecule has 1 atom stereocenters. The Morgan fingerprint density at radius 1 is 0.750 bits per heavy atom. The molecule has 32 heavy (non-hydrogen) atoms. The molecule has 0 saturated carbocycles. The zero-order valence-corrected chi connectivity index (χ0v) is 18.4. The summed E-state index contributed by atoms with van der Waals surface area (Å²) in [6.45, 7) is 1.97. The molecular formula is C25H25NO6. The summed E-state index contributed by atoms with van der Waals surface area (Å²) in [4.78, 5) is 39.1. The van der Waals surface area contributed by atoms with Crippen LogP contribution in [0.15, 0.2) is 78.1 Å². The van der Waals surface area contributed by atoms with Crippen LogP contribution >= 0.6 is 0 Å². The van der Waals surface area contributed by atoms with Crippen LogP contribution < -0.4 is 0 Å². The predicted octanol–water partition coefficient (Wildman–Crippen LogP) is 3.75. The smallest absolute Gasteiger partial charge is 0.337 e. The molecule has 0 unspecified atom stereocenters.